The van der Waals surface area contributed by atoms with Crippen molar-refractivity contribution in [2.45, 2.75) is 122 Å². The number of unbranched alkanes of at least 4 members (excludes halogenated alkanes) is 15. The molecular weight excluding hydrogens is 441 g/mol. The number of quaternary nitrogens is 1. The van der Waals surface area contributed by atoms with Crippen molar-refractivity contribution in [3.05, 3.63) is 0 Å². The highest BCUT2D eigenvalue weighted by atomic mass is 32.1. The Morgan fingerprint density at radius 2 is 0.969 bits per heavy atom. The maximum Gasteiger partial charge on any atom is 0.531 e. The fourth-order valence-corrected chi connectivity index (χ4v) is 4.54. The molecule has 0 saturated carbocycles. The van der Waals surface area contributed by atoms with Gasteiger partial charge in [0.15, 0.2) is 0 Å². The normalized spacial score (nSPS) is 24.8. The zero-order chi connectivity index (χ0) is 23.3. The van der Waals surface area contributed by atoms with E-state index < -0.39 is 6.96 Å². The molecule has 2 aliphatic heterocycles. The lowest BCUT2D eigenvalue weighted by Crippen LogP contribution is -2.50. The van der Waals surface area contributed by atoms with Crippen molar-refractivity contribution in [2.75, 3.05) is 31.3 Å². The van der Waals surface area contributed by atoms with Crippen LogP contribution >= 0.6 is 25.3 Å². The quantitative estimate of drug-likeness (QED) is 0.132. The van der Waals surface area contributed by atoms with Gasteiger partial charge in [0, 0.05) is 36.9 Å². The van der Waals surface area contributed by atoms with Crippen LogP contribution in [0.1, 0.15) is 110 Å². The van der Waals surface area contributed by atoms with Crippen molar-refractivity contribution < 1.29 is 24.4 Å². The average molecular weight is 494 g/mol. The highest BCUT2D eigenvalue weighted by molar-refractivity contribution is 7.80. The Morgan fingerprint density at radius 1 is 0.625 bits per heavy atom. The van der Waals surface area contributed by atoms with Gasteiger partial charge in [0.1, 0.15) is 0 Å². The van der Waals surface area contributed by atoms with E-state index in [1.165, 1.54) is 103 Å². The van der Waals surface area contributed by atoms with E-state index in [1.807, 2.05) is 0 Å². The lowest BCUT2D eigenvalue weighted by molar-refractivity contribution is -0.368. The molecule has 1 spiro atoms. The summed E-state index contributed by atoms with van der Waals surface area (Å²) in [5, 5.41) is 0. The zero-order valence-electron chi connectivity index (χ0n) is 20.8. The number of rotatable bonds is 18. The summed E-state index contributed by atoms with van der Waals surface area (Å²) in [5.74, 6) is 1.23. The van der Waals surface area contributed by atoms with Gasteiger partial charge in [0.05, 0.1) is 6.54 Å². The van der Waals surface area contributed by atoms with E-state index in [4.69, 9.17) is 18.6 Å². The standard InChI is InChI=1S/C18H39N.C6H12BO4S2/c1-2-3-4-5-6-7-8-9-10-11-12-13-14-15-16-17-18-19;12-3-5-1-8-7(10-5)9-2-6(4-13)11-7/h2-19H2,1H3;5-6,12-13H,1-4H2/q;-1/p+1. The van der Waals surface area contributed by atoms with Gasteiger partial charge in [-0.15, -0.1) is 0 Å². The fourth-order valence-electron chi connectivity index (χ4n) is 4.15. The third-order valence-corrected chi connectivity index (χ3v) is 7.02. The number of hydrogen-bond acceptors (Lipinski definition) is 6. The molecule has 192 valence electrons. The van der Waals surface area contributed by atoms with Crippen LogP contribution in [0.2, 0.25) is 0 Å². The van der Waals surface area contributed by atoms with Crippen LogP contribution < -0.4 is 5.73 Å². The lowest BCUT2D eigenvalue weighted by atomic mass is 10.0. The van der Waals surface area contributed by atoms with Crippen LogP contribution in [0.3, 0.4) is 0 Å². The predicted molar refractivity (Wildman–Crippen MR) is 142 cm³/mol. The van der Waals surface area contributed by atoms with Crippen molar-refractivity contribution >= 4 is 32.2 Å². The van der Waals surface area contributed by atoms with Crippen molar-refractivity contribution in [1.29, 1.82) is 0 Å². The molecule has 0 bridgehead atoms. The third-order valence-electron chi connectivity index (χ3n) is 6.20. The van der Waals surface area contributed by atoms with Crippen molar-refractivity contribution in [3.63, 3.8) is 0 Å². The summed E-state index contributed by atoms with van der Waals surface area (Å²) in [6, 6.07) is 0. The Bertz CT molecular complexity index is 387. The maximum absolute atomic E-state index is 5.48. The molecule has 0 aromatic heterocycles. The van der Waals surface area contributed by atoms with Crippen LogP contribution in [0, 0.1) is 0 Å². The Hall–Kier alpha value is 0.565. The smallest absolute Gasteiger partial charge is 0.517 e. The monoisotopic (exact) mass is 493 g/mol. The molecule has 8 heteroatoms. The van der Waals surface area contributed by atoms with Gasteiger partial charge in [-0.2, -0.15) is 25.3 Å². The van der Waals surface area contributed by atoms with Crippen LogP contribution in [0.25, 0.3) is 0 Å². The predicted octanol–water partition coefficient (Wildman–Crippen LogP) is 5.60. The van der Waals surface area contributed by atoms with E-state index in [-0.39, 0.29) is 12.2 Å². The molecule has 2 aliphatic rings. The molecular formula is C24H52BNO4S2. The first-order valence-corrected chi connectivity index (χ1v) is 14.7. The van der Waals surface area contributed by atoms with Crippen molar-refractivity contribution in [3.8, 4) is 0 Å². The number of thiol groups is 2. The molecule has 2 rings (SSSR count). The van der Waals surface area contributed by atoms with Crippen LogP contribution in [-0.2, 0) is 18.6 Å². The van der Waals surface area contributed by atoms with Gasteiger partial charge in [0.25, 0.3) is 0 Å². The zero-order valence-corrected chi connectivity index (χ0v) is 22.6. The second-order valence-corrected chi connectivity index (χ2v) is 10.0. The summed E-state index contributed by atoms with van der Waals surface area (Å²) < 4.78 is 21.7. The van der Waals surface area contributed by atoms with Crippen molar-refractivity contribution in [2.24, 2.45) is 0 Å². The average Bonchev–Trinajstić information content (AvgIpc) is 3.43. The van der Waals surface area contributed by atoms with E-state index in [0.717, 1.165) is 6.54 Å². The SMILES string of the molecule is CCCCCCCCCCCCCCCCCC[NH3+].SCC1CO[B-]2(OCC(CS)O2)O1. The summed E-state index contributed by atoms with van der Waals surface area (Å²) in [6.45, 7) is 2.47. The molecule has 3 N–H and O–H groups in total. The second-order valence-electron chi connectivity index (χ2n) is 9.28. The molecule has 0 aromatic carbocycles. The molecule has 2 atom stereocenters. The van der Waals surface area contributed by atoms with Gasteiger partial charge in [0.2, 0.25) is 0 Å². The molecule has 0 aliphatic carbocycles. The third kappa shape index (κ3) is 14.7. The largest absolute Gasteiger partial charge is 0.531 e. The second kappa shape index (κ2) is 20.9. The molecule has 2 heterocycles. The Kier molecular flexibility index (Phi) is 20.0. The molecule has 5 nitrogen and oxygen atoms in total. The maximum atomic E-state index is 5.48. The molecule has 0 amide bonds. The first-order chi connectivity index (χ1) is 15.7. The van der Waals surface area contributed by atoms with Crippen LogP contribution in [0.4, 0.5) is 0 Å². The first kappa shape index (κ1) is 30.6. The summed E-state index contributed by atoms with van der Waals surface area (Å²) in [6.07, 6.45) is 23.1. The van der Waals surface area contributed by atoms with Crippen LogP contribution in [-0.4, -0.2) is 50.4 Å². The summed E-state index contributed by atoms with van der Waals surface area (Å²) in [4.78, 5) is 0. The summed E-state index contributed by atoms with van der Waals surface area (Å²) in [7, 11) is 0. The van der Waals surface area contributed by atoms with Gasteiger partial charge in [-0.25, -0.2) is 0 Å². The van der Waals surface area contributed by atoms with Gasteiger partial charge in [-0.1, -0.05) is 96.8 Å². The Labute approximate surface area is 209 Å². The van der Waals surface area contributed by atoms with E-state index in [0.29, 0.717) is 24.7 Å². The molecule has 32 heavy (non-hydrogen) atoms. The van der Waals surface area contributed by atoms with Crippen LogP contribution in [0.15, 0.2) is 0 Å². The van der Waals surface area contributed by atoms with E-state index in [9.17, 15) is 0 Å². The Morgan fingerprint density at radius 3 is 1.25 bits per heavy atom. The molecule has 0 aromatic rings. The molecule has 2 fully saturated rings. The number of hydrogen-bond donors (Lipinski definition) is 3. The highest BCUT2D eigenvalue weighted by Gasteiger charge is 2.45. The minimum atomic E-state index is -1.93. The summed E-state index contributed by atoms with van der Waals surface area (Å²) in [5.41, 5.74) is 3.89. The van der Waals surface area contributed by atoms with E-state index in [2.05, 4.69) is 37.9 Å². The highest BCUT2D eigenvalue weighted by Crippen LogP contribution is 2.29. The van der Waals surface area contributed by atoms with Crippen molar-refractivity contribution in [1.82, 2.24) is 0 Å². The lowest BCUT2D eigenvalue weighted by Gasteiger charge is -2.28. The minimum Gasteiger partial charge on any atom is -0.517 e. The van der Waals surface area contributed by atoms with E-state index >= 15 is 0 Å². The fraction of sp³-hybridized carbons (Fsp3) is 1.00. The van der Waals surface area contributed by atoms with Crippen LogP contribution in [0.5, 0.6) is 0 Å². The molecule has 2 saturated heterocycles. The Balaban J connectivity index is 0.000000339. The van der Waals surface area contributed by atoms with Gasteiger partial charge < -0.3 is 24.4 Å². The first-order valence-electron chi connectivity index (χ1n) is 13.5. The van der Waals surface area contributed by atoms with Gasteiger partial charge in [-0.3, -0.25) is 0 Å². The van der Waals surface area contributed by atoms with Gasteiger partial charge >= 0.3 is 6.96 Å². The molecule has 2 unspecified atom stereocenters. The minimum absolute atomic E-state index is 0.0259. The molecule has 0 radical (unpaired) electrons. The van der Waals surface area contributed by atoms with E-state index in [1.54, 1.807) is 0 Å². The summed E-state index contributed by atoms with van der Waals surface area (Å²) >= 11 is 8.23. The topological polar surface area (TPSA) is 64.6 Å². The van der Waals surface area contributed by atoms with Gasteiger partial charge in [-0.05, 0) is 12.8 Å².